The number of nitrogens with zero attached hydrogens (tertiary/aromatic N) is 1. The van der Waals surface area contributed by atoms with E-state index in [1.54, 1.807) is 4.90 Å². The summed E-state index contributed by atoms with van der Waals surface area (Å²) < 4.78 is 37.9. The Hall–Kier alpha value is -1.87. The van der Waals surface area contributed by atoms with Gasteiger partial charge < -0.3 is 5.32 Å². The van der Waals surface area contributed by atoms with Crippen molar-refractivity contribution in [3.05, 3.63) is 35.4 Å². The second-order valence-corrected chi connectivity index (χ2v) is 7.25. The largest absolute Gasteiger partial charge is 0.416 e. The Balaban J connectivity index is 1.72. The molecule has 0 aliphatic carbocycles. The molecule has 2 fully saturated rings. The van der Waals surface area contributed by atoms with E-state index in [2.05, 4.69) is 5.32 Å². The van der Waals surface area contributed by atoms with Crippen molar-refractivity contribution in [3.8, 4) is 0 Å². The van der Waals surface area contributed by atoms with Crippen LogP contribution in [0.1, 0.15) is 35.2 Å². The molecule has 2 aliphatic heterocycles. The first kappa shape index (κ1) is 18.9. The zero-order chi connectivity index (χ0) is 18.9. The van der Waals surface area contributed by atoms with Gasteiger partial charge in [0, 0.05) is 12.1 Å². The molecule has 0 aromatic heterocycles. The number of amides is 1. The highest BCUT2D eigenvalue weighted by Crippen LogP contribution is 2.29. The molecule has 5 nitrogen and oxygen atoms in total. The van der Waals surface area contributed by atoms with Gasteiger partial charge in [0.2, 0.25) is 5.12 Å². The number of likely N-dealkylation sites (tertiary alicyclic amines) is 1. The van der Waals surface area contributed by atoms with Crippen LogP contribution in [0.3, 0.4) is 0 Å². The van der Waals surface area contributed by atoms with E-state index < -0.39 is 29.9 Å². The van der Waals surface area contributed by atoms with E-state index >= 15 is 0 Å². The number of rotatable bonds is 3. The molecule has 0 spiro atoms. The van der Waals surface area contributed by atoms with Gasteiger partial charge in [-0.1, -0.05) is 11.8 Å². The SMILES string of the molecule is O=C(NC1CCCCN1C1C(=O)CSC1=O)c1ccc(C(F)(F)F)cc1. The summed E-state index contributed by atoms with van der Waals surface area (Å²) in [7, 11) is 0. The van der Waals surface area contributed by atoms with Crippen LogP contribution in [0.2, 0.25) is 0 Å². The van der Waals surface area contributed by atoms with Crippen LogP contribution in [0.25, 0.3) is 0 Å². The van der Waals surface area contributed by atoms with Gasteiger partial charge in [0.15, 0.2) is 5.78 Å². The Bertz CT molecular complexity index is 705. The highest BCUT2D eigenvalue weighted by atomic mass is 32.2. The number of piperidine rings is 1. The van der Waals surface area contributed by atoms with E-state index in [1.165, 1.54) is 0 Å². The molecule has 2 heterocycles. The third-order valence-electron chi connectivity index (χ3n) is 4.53. The number of carbonyl (C=O) groups is 3. The van der Waals surface area contributed by atoms with Gasteiger partial charge >= 0.3 is 6.18 Å². The van der Waals surface area contributed by atoms with E-state index in [9.17, 15) is 27.6 Å². The van der Waals surface area contributed by atoms with Crippen molar-refractivity contribution in [3.63, 3.8) is 0 Å². The summed E-state index contributed by atoms with van der Waals surface area (Å²) in [6.07, 6.45) is -2.73. The van der Waals surface area contributed by atoms with Gasteiger partial charge in [0.05, 0.1) is 17.5 Å². The van der Waals surface area contributed by atoms with Crippen LogP contribution in [0.4, 0.5) is 13.2 Å². The van der Waals surface area contributed by atoms with Gasteiger partial charge in [-0.25, -0.2) is 0 Å². The van der Waals surface area contributed by atoms with Crippen molar-refractivity contribution >= 4 is 28.6 Å². The third kappa shape index (κ3) is 3.93. The third-order valence-corrected chi connectivity index (χ3v) is 5.47. The summed E-state index contributed by atoms with van der Waals surface area (Å²) in [5, 5.41) is 2.54. The summed E-state index contributed by atoms with van der Waals surface area (Å²) in [5.41, 5.74) is -0.727. The highest BCUT2D eigenvalue weighted by molar-refractivity contribution is 8.15. The summed E-state index contributed by atoms with van der Waals surface area (Å²) in [6.45, 7) is 0.515. The maximum absolute atomic E-state index is 12.6. The summed E-state index contributed by atoms with van der Waals surface area (Å²) >= 11 is 0.979. The second-order valence-electron chi connectivity index (χ2n) is 6.27. The molecule has 2 aliphatic rings. The summed E-state index contributed by atoms with van der Waals surface area (Å²) in [4.78, 5) is 38.1. The molecule has 3 rings (SSSR count). The number of Topliss-reactive ketones (excluding diaryl/α,β-unsaturated/α-hetero) is 1. The smallest absolute Gasteiger partial charge is 0.336 e. The Kier molecular flexibility index (Phi) is 5.38. The first-order chi connectivity index (χ1) is 12.3. The minimum atomic E-state index is -4.46. The number of hydrogen-bond acceptors (Lipinski definition) is 5. The van der Waals surface area contributed by atoms with Gasteiger partial charge in [-0.3, -0.25) is 19.3 Å². The quantitative estimate of drug-likeness (QED) is 0.809. The number of hydrogen-bond donors (Lipinski definition) is 1. The monoisotopic (exact) mass is 386 g/mol. The predicted molar refractivity (Wildman–Crippen MR) is 89.5 cm³/mol. The number of alkyl halides is 3. The zero-order valence-electron chi connectivity index (χ0n) is 13.7. The minimum Gasteiger partial charge on any atom is -0.336 e. The molecule has 0 radical (unpaired) electrons. The zero-order valence-corrected chi connectivity index (χ0v) is 14.5. The van der Waals surface area contributed by atoms with E-state index in [-0.39, 0.29) is 22.2 Å². The van der Waals surface area contributed by atoms with Crippen LogP contribution >= 0.6 is 11.8 Å². The molecule has 9 heteroatoms. The first-order valence-corrected chi connectivity index (χ1v) is 9.19. The van der Waals surface area contributed by atoms with E-state index in [4.69, 9.17) is 0 Å². The fourth-order valence-corrected chi connectivity index (χ4v) is 4.08. The minimum absolute atomic E-state index is 0.0990. The lowest BCUT2D eigenvalue weighted by molar-refractivity contribution is -0.137. The topological polar surface area (TPSA) is 66.5 Å². The summed E-state index contributed by atoms with van der Waals surface area (Å²) in [5.74, 6) is -0.559. The molecule has 26 heavy (non-hydrogen) atoms. The van der Waals surface area contributed by atoms with Gasteiger partial charge in [-0.15, -0.1) is 0 Å². The van der Waals surface area contributed by atoms with Gasteiger partial charge in [0.1, 0.15) is 6.04 Å². The van der Waals surface area contributed by atoms with E-state index in [1.807, 2.05) is 0 Å². The van der Waals surface area contributed by atoms with Crippen LogP contribution in [0, 0.1) is 0 Å². The molecule has 1 N–H and O–H groups in total. The lowest BCUT2D eigenvalue weighted by Gasteiger charge is -2.38. The molecule has 2 atom stereocenters. The number of ketones is 1. The van der Waals surface area contributed by atoms with Crippen LogP contribution < -0.4 is 5.32 Å². The van der Waals surface area contributed by atoms with Crippen LogP contribution in [-0.4, -0.2) is 46.2 Å². The van der Waals surface area contributed by atoms with Crippen molar-refractivity contribution in [1.29, 1.82) is 0 Å². The maximum Gasteiger partial charge on any atom is 0.416 e. The molecule has 1 aromatic rings. The number of halogens is 3. The van der Waals surface area contributed by atoms with Crippen LogP contribution in [0.5, 0.6) is 0 Å². The molecule has 1 amide bonds. The standard InChI is InChI=1S/C17H17F3N2O3S/c18-17(19,20)11-6-4-10(5-7-11)15(24)21-13-3-1-2-8-22(13)14-12(23)9-26-16(14)25/h4-7,13-14H,1-3,8-9H2,(H,21,24). The average molecular weight is 386 g/mol. The normalized spacial score (nSPS) is 24.7. The molecular weight excluding hydrogens is 369 g/mol. The van der Waals surface area contributed by atoms with Crippen molar-refractivity contribution in [1.82, 2.24) is 10.2 Å². The molecule has 2 unspecified atom stereocenters. The fourth-order valence-electron chi connectivity index (χ4n) is 3.22. The van der Waals surface area contributed by atoms with Gasteiger partial charge in [-0.05, 0) is 43.5 Å². The Morgan fingerprint density at radius 2 is 1.85 bits per heavy atom. The van der Waals surface area contributed by atoms with Crippen molar-refractivity contribution < 1.29 is 27.6 Å². The molecule has 0 saturated carbocycles. The van der Waals surface area contributed by atoms with E-state index in [0.29, 0.717) is 13.0 Å². The lowest BCUT2D eigenvalue weighted by atomic mass is 10.0. The Morgan fingerprint density at radius 1 is 1.15 bits per heavy atom. The highest BCUT2D eigenvalue weighted by Gasteiger charge is 2.42. The Morgan fingerprint density at radius 3 is 2.42 bits per heavy atom. The molecule has 0 bridgehead atoms. The number of benzene rings is 1. The summed E-state index contributed by atoms with van der Waals surface area (Å²) in [6, 6.07) is 3.10. The number of thioether (sulfide) groups is 1. The molecular formula is C17H17F3N2O3S. The fraction of sp³-hybridized carbons (Fsp3) is 0.471. The second kappa shape index (κ2) is 7.40. The lowest BCUT2D eigenvalue weighted by Crippen LogP contribution is -2.57. The predicted octanol–water partition coefficient (Wildman–Crippen LogP) is 2.46. The average Bonchev–Trinajstić information content (AvgIpc) is 2.93. The van der Waals surface area contributed by atoms with Crippen molar-refractivity contribution in [2.24, 2.45) is 0 Å². The first-order valence-electron chi connectivity index (χ1n) is 8.20. The maximum atomic E-state index is 12.6. The number of carbonyl (C=O) groups excluding carboxylic acids is 3. The molecule has 1 aromatic carbocycles. The Labute approximate surface area is 152 Å². The van der Waals surface area contributed by atoms with E-state index in [0.717, 1.165) is 48.9 Å². The van der Waals surface area contributed by atoms with Crippen LogP contribution in [-0.2, 0) is 15.8 Å². The number of nitrogens with one attached hydrogen (secondary N) is 1. The van der Waals surface area contributed by atoms with Gasteiger partial charge in [0.25, 0.3) is 5.91 Å². The van der Waals surface area contributed by atoms with Gasteiger partial charge in [-0.2, -0.15) is 13.2 Å². The van der Waals surface area contributed by atoms with Crippen LogP contribution in [0.15, 0.2) is 24.3 Å². The van der Waals surface area contributed by atoms with Crippen molar-refractivity contribution in [2.75, 3.05) is 12.3 Å². The van der Waals surface area contributed by atoms with Crippen molar-refractivity contribution in [2.45, 2.75) is 37.6 Å². The molecule has 140 valence electrons. The molecule has 2 saturated heterocycles.